The summed E-state index contributed by atoms with van der Waals surface area (Å²) >= 11 is 0. The van der Waals surface area contributed by atoms with E-state index in [1.54, 1.807) is 5.48 Å². The molecule has 4 N–H and O–H groups in total. The van der Waals surface area contributed by atoms with Crippen LogP contribution in [0.2, 0.25) is 0 Å². The Balaban J connectivity index is 2.97. The van der Waals surface area contributed by atoms with Gasteiger partial charge >= 0.3 is 0 Å². The van der Waals surface area contributed by atoms with E-state index in [-0.39, 0.29) is 17.4 Å². The molecule has 1 aromatic carbocycles. The molecule has 0 spiro atoms. The summed E-state index contributed by atoms with van der Waals surface area (Å²) in [6.45, 7) is 0. The third-order valence-corrected chi connectivity index (χ3v) is 1.50. The molecule has 14 heavy (non-hydrogen) atoms. The molecule has 6 heteroatoms. The molecule has 0 aromatic heterocycles. The molecule has 0 aliphatic heterocycles. The number of hydrogen-bond donors (Lipinski definition) is 3. The molecule has 1 aromatic rings. The number of hydroxylamine groups is 1. The van der Waals surface area contributed by atoms with Gasteiger partial charge in [-0.1, -0.05) is 0 Å². The van der Waals surface area contributed by atoms with Gasteiger partial charge in [0.25, 0.3) is 0 Å². The molecular formula is C8H10FN3O2. The van der Waals surface area contributed by atoms with Gasteiger partial charge in [0.2, 0.25) is 5.96 Å². The van der Waals surface area contributed by atoms with Crippen molar-refractivity contribution in [3.05, 3.63) is 24.0 Å². The lowest BCUT2D eigenvalue weighted by molar-refractivity contribution is 0.233. The van der Waals surface area contributed by atoms with Gasteiger partial charge in [0, 0.05) is 6.07 Å². The van der Waals surface area contributed by atoms with E-state index in [1.807, 2.05) is 0 Å². The number of halogens is 1. The minimum Gasteiger partial charge on any atom is -0.494 e. The Bertz CT molecular complexity index is 354. The molecule has 0 bridgehead atoms. The summed E-state index contributed by atoms with van der Waals surface area (Å²) in [4.78, 5) is 3.65. The summed E-state index contributed by atoms with van der Waals surface area (Å²) in [5.41, 5.74) is 7.08. The van der Waals surface area contributed by atoms with Crippen LogP contribution < -0.4 is 16.0 Å². The van der Waals surface area contributed by atoms with Crippen molar-refractivity contribution in [1.82, 2.24) is 5.48 Å². The normalized spacial score (nSPS) is 11.2. The van der Waals surface area contributed by atoms with Crippen molar-refractivity contribution in [2.45, 2.75) is 0 Å². The van der Waals surface area contributed by atoms with E-state index in [9.17, 15) is 4.39 Å². The Hall–Kier alpha value is -1.82. The molecule has 0 saturated carbocycles. The first-order chi connectivity index (χ1) is 6.67. The van der Waals surface area contributed by atoms with Crippen LogP contribution in [0.4, 0.5) is 10.1 Å². The lowest BCUT2D eigenvalue weighted by Crippen LogP contribution is -2.27. The number of nitrogens with two attached hydrogens (primary N) is 1. The zero-order valence-electron chi connectivity index (χ0n) is 7.49. The molecular weight excluding hydrogens is 189 g/mol. The van der Waals surface area contributed by atoms with Crippen molar-refractivity contribution in [1.29, 1.82) is 0 Å². The van der Waals surface area contributed by atoms with Gasteiger partial charge in [0.15, 0.2) is 11.6 Å². The lowest BCUT2D eigenvalue weighted by Gasteiger charge is -2.02. The van der Waals surface area contributed by atoms with Gasteiger partial charge in [-0.2, -0.15) is 0 Å². The highest BCUT2D eigenvalue weighted by atomic mass is 19.1. The van der Waals surface area contributed by atoms with Gasteiger partial charge in [0.1, 0.15) is 0 Å². The minimum absolute atomic E-state index is 0.125. The summed E-state index contributed by atoms with van der Waals surface area (Å²) in [5, 5.41) is 8.34. The van der Waals surface area contributed by atoms with Gasteiger partial charge in [-0.15, -0.1) is 0 Å². The molecule has 0 radical (unpaired) electrons. The maximum Gasteiger partial charge on any atom is 0.218 e. The smallest absolute Gasteiger partial charge is 0.218 e. The third-order valence-electron chi connectivity index (χ3n) is 1.50. The fourth-order valence-corrected chi connectivity index (χ4v) is 0.889. The number of methoxy groups -OCH3 is 1. The van der Waals surface area contributed by atoms with E-state index in [0.29, 0.717) is 0 Å². The standard InChI is InChI=1S/C8H10FN3O2/c1-14-7-3-2-5(4-6(7)9)11-8(10)12-13/h2-4,13H,1H3,(H3,10,11,12). The molecule has 0 unspecified atom stereocenters. The number of ether oxygens (including phenoxy) is 1. The Morgan fingerprint density at radius 1 is 1.64 bits per heavy atom. The average molecular weight is 199 g/mol. The maximum absolute atomic E-state index is 13.1. The Morgan fingerprint density at radius 3 is 2.86 bits per heavy atom. The van der Waals surface area contributed by atoms with Crippen molar-refractivity contribution in [3.8, 4) is 5.75 Å². The topological polar surface area (TPSA) is 79.9 Å². The SMILES string of the molecule is COc1ccc(N=C(N)NO)cc1F. The first-order valence-electron chi connectivity index (χ1n) is 3.75. The molecule has 0 saturated heterocycles. The number of benzene rings is 1. The van der Waals surface area contributed by atoms with Gasteiger partial charge in [-0.25, -0.2) is 14.9 Å². The van der Waals surface area contributed by atoms with Crippen molar-refractivity contribution in [2.24, 2.45) is 10.7 Å². The third kappa shape index (κ3) is 2.33. The summed E-state index contributed by atoms with van der Waals surface area (Å²) in [5.74, 6) is -0.631. The van der Waals surface area contributed by atoms with E-state index in [1.165, 1.54) is 19.2 Å². The van der Waals surface area contributed by atoms with Crippen LogP contribution in [0.1, 0.15) is 0 Å². The molecule has 0 heterocycles. The highest BCUT2D eigenvalue weighted by Crippen LogP contribution is 2.22. The summed E-state index contributed by atoms with van der Waals surface area (Å²) in [6, 6.07) is 4.06. The number of hydrogen-bond acceptors (Lipinski definition) is 3. The molecule has 0 aliphatic rings. The van der Waals surface area contributed by atoms with Crippen molar-refractivity contribution in [2.75, 3.05) is 7.11 Å². The predicted octanol–water partition coefficient (Wildman–Crippen LogP) is 0.759. The average Bonchev–Trinajstić information content (AvgIpc) is 2.18. The molecule has 76 valence electrons. The van der Waals surface area contributed by atoms with Crippen molar-refractivity contribution >= 4 is 11.6 Å². The number of rotatable bonds is 2. The predicted molar refractivity (Wildman–Crippen MR) is 49.2 cm³/mol. The van der Waals surface area contributed by atoms with Gasteiger partial charge in [0.05, 0.1) is 12.8 Å². The lowest BCUT2D eigenvalue weighted by atomic mass is 10.3. The van der Waals surface area contributed by atoms with Crippen LogP contribution in [0.5, 0.6) is 5.75 Å². The van der Waals surface area contributed by atoms with Gasteiger partial charge < -0.3 is 10.5 Å². The number of nitrogens with one attached hydrogen (secondary N) is 1. The second-order valence-electron chi connectivity index (χ2n) is 2.43. The largest absolute Gasteiger partial charge is 0.494 e. The van der Waals surface area contributed by atoms with Crippen LogP contribution in [0.25, 0.3) is 0 Å². The summed E-state index contributed by atoms with van der Waals surface area (Å²) in [6.07, 6.45) is 0. The van der Waals surface area contributed by atoms with Crippen molar-refractivity contribution in [3.63, 3.8) is 0 Å². The van der Waals surface area contributed by atoms with Crippen LogP contribution in [0.3, 0.4) is 0 Å². The highest BCUT2D eigenvalue weighted by Gasteiger charge is 2.02. The molecule has 0 fully saturated rings. The summed E-state index contributed by atoms with van der Waals surface area (Å²) in [7, 11) is 1.37. The molecule has 0 aliphatic carbocycles. The molecule has 5 nitrogen and oxygen atoms in total. The summed E-state index contributed by atoms with van der Waals surface area (Å²) < 4.78 is 17.8. The van der Waals surface area contributed by atoms with Crippen LogP contribution >= 0.6 is 0 Å². The second kappa shape index (κ2) is 4.43. The fourth-order valence-electron chi connectivity index (χ4n) is 0.889. The maximum atomic E-state index is 13.1. The van der Waals surface area contributed by atoms with Crippen LogP contribution in [0, 0.1) is 5.82 Å². The van der Waals surface area contributed by atoms with E-state index >= 15 is 0 Å². The van der Waals surface area contributed by atoms with Gasteiger partial charge in [-0.05, 0) is 12.1 Å². The Kier molecular flexibility index (Phi) is 3.24. The van der Waals surface area contributed by atoms with E-state index in [2.05, 4.69) is 4.99 Å². The monoisotopic (exact) mass is 199 g/mol. The fraction of sp³-hybridized carbons (Fsp3) is 0.125. The molecule has 1 rings (SSSR count). The van der Waals surface area contributed by atoms with E-state index < -0.39 is 5.82 Å². The zero-order chi connectivity index (χ0) is 10.6. The Morgan fingerprint density at radius 2 is 2.36 bits per heavy atom. The first-order valence-corrected chi connectivity index (χ1v) is 3.75. The minimum atomic E-state index is -0.542. The Labute approximate surface area is 80.0 Å². The highest BCUT2D eigenvalue weighted by molar-refractivity contribution is 5.79. The number of aliphatic imine (C=N–C) groups is 1. The van der Waals surface area contributed by atoms with Crippen molar-refractivity contribution < 1.29 is 14.3 Å². The molecule has 0 atom stereocenters. The second-order valence-corrected chi connectivity index (χ2v) is 2.43. The van der Waals surface area contributed by atoms with Crippen LogP contribution in [-0.2, 0) is 0 Å². The van der Waals surface area contributed by atoms with E-state index in [4.69, 9.17) is 15.7 Å². The zero-order valence-corrected chi connectivity index (χ0v) is 7.49. The quantitative estimate of drug-likeness (QED) is 0.373. The van der Waals surface area contributed by atoms with Crippen LogP contribution in [-0.4, -0.2) is 18.3 Å². The number of nitrogens with zero attached hydrogens (tertiary/aromatic N) is 1. The molecule has 0 amide bonds. The first kappa shape index (κ1) is 10.3. The van der Waals surface area contributed by atoms with Gasteiger partial charge in [-0.3, -0.25) is 5.21 Å². The van der Waals surface area contributed by atoms with E-state index in [0.717, 1.165) is 6.07 Å². The number of guanidine groups is 1. The van der Waals surface area contributed by atoms with Crippen LogP contribution in [0.15, 0.2) is 23.2 Å².